The van der Waals surface area contributed by atoms with Gasteiger partial charge in [0.05, 0.1) is 5.41 Å². The first kappa shape index (κ1) is 18.3. The third-order valence-electron chi connectivity index (χ3n) is 4.65. The molecule has 0 saturated heterocycles. The number of rotatable bonds is 6. The first-order valence-corrected chi connectivity index (χ1v) is 7.87. The van der Waals surface area contributed by atoms with Crippen molar-refractivity contribution in [3.63, 3.8) is 0 Å². The molecule has 1 fully saturated rings. The highest BCUT2D eigenvalue weighted by molar-refractivity contribution is 5.83. The molecule has 0 atom stereocenters. The molecule has 0 aromatic heterocycles. The van der Waals surface area contributed by atoms with E-state index in [2.05, 4.69) is 0 Å². The van der Waals surface area contributed by atoms with Crippen LogP contribution in [-0.4, -0.2) is 36.1 Å². The standard InChI is InChI=1S/C15H27F3N2O/c1-3-12(4-2)20(11-15(16,17)18)13(21)14(10-19)8-6-5-7-9-14/h12H,3-11,19H2,1-2H3. The van der Waals surface area contributed by atoms with E-state index in [0.717, 1.165) is 24.2 Å². The van der Waals surface area contributed by atoms with Gasteiger partial charge in [-0.25, -0.2) is 0 Å². The second-order valence-electron chi connectivity index (χ2n) is 6.06. The lowest BCUT2D eigenvalue weighted by atomic mass is 9.72. The molecule has 1 saturated carbocycles. The van der Waals surface area contributed by atoms with E-state index in [1.807, 2.05) is 13.8 Å². The Kier molecular flexibility index (Phi) is 6.50. The molecule has 0 aromatic carbocycles. The van der Waals surface area contributed by atoms with Gasteiger partial charge in [0.1, 0.15) is 6.54 Å². The van der Waals surface area contributed by atoms with E-state index in [0.29, 0.717) is 25.7 Å². The average Bonchev–Trinajstić information content (AvgIpc) is 2.46. The first-order chi connectivity index (χ1) is 9.79. The normalized spacial score (nSPS) is 18.8. The number of alkyl halides is 3. The minimum Gasteiger partial charge on any atom is -0.330 e. The van der Waals surface area contributed by atoms with Crippen molar-refractivity contribution >= 4 is 5.91 Å². The summed E-state index contributed by atoms with van der Waals surface area (Å²) in [5.41, 5.74) is 5.01. The molecule has 1 amide bonds. The molecule has 0 spiro atoms. The van der Waals surface area contributed by atoms with Crippen LogP contribution in [-0.2, 0) is 4.79 Å². The Labute approximate surface area is 125 Å². The predicted molar refractivity (Wildman–Crippen MR) is 76.7 cm³/mol. The maximum atomic E-state index is 12.9. The molecule has 1 rings (SSSR count). The molecule has 124 valence electrons. The van der Waals surface area contributed by atoms with Gasteiger partial charge >= 0.3 is 6.18 Å². The van der Waals surface area contributed by atoms with Crippen molar-refractivity contribution in [2.45, 2.75) is 71.0 Å². The number of nitrogens with two attached hydrogens (primary N) is 1. The Morgan fingerprint density at radius 3 is 2.10 bits per heavy atom. The van der Waals surface area contributed by atoms with Crippen molar-refractivity contribution in [1.29, 1.82) is 0 Å². The molecule has 21 heavy (non-hydrogen) atoms. The maximum absolute atomic E-state index is 12.9. The lowest BCUT2D eigenvalue weighted by Crippen LogP contribution is -2.54. The highest BCUT2D eigenvalue weighted by Gasteiger charge is 2.45. The van der Waals surface area contributed by atoms with Crippen LogP contribution < -0.4 is 5.73 Å². The smallest absolute Gasteiger partial charge is 0.330 e. The van der Waals surface area contributed by atoms with Crippen molar-refractivity contribution < 1.29 is 18.0 Å². The molecule has 0 aromatic rings. The molecule has 3 nitrogen and oxygen atoms in total. The number of hydrogen-bond donors (Lipinski definition) is 1. The molecular weight excluding hydrogens is 281 g/mol. The molecule has 1 aliphatic carbocycles. The molecule has 0 unspecified atom stereocenters. The van der Waals surface area contributed by atoms with Crippen LogP contribution in [0.15, 0.2) is 0 Å². The number of amides is 1. The van der Waals surface area contributed by atoms with Crippen LogP contribution in [0.3, 0.4) is 0 Å². The molecule has 0 aliphatic heterocycles. The summed E-state index contributed by atoms with van der Waals surface area (Å²) in [6.45, 7) is 2.61. The minimum atomic E-state index is -4.37. The zero-order valence-corrected chi connectivity index (χ0v) is 13.0. The second-order valence-corrected chi connectivity index (χ2v) is 6.06. The van der Waals surface area contributed by atoms with Gasteiger partial charge in [-0.15, -0.1) is 0 Å². The van der Waals surface area contributed by atoms with Crippen LogP contribution in [0.1, 0.15) is 58.8 Å². The molecule has 0 bridgehead atoms. The van der Waals surface area contributed by atoms with E-state index >= 15 is 0 Å². The predicted octanol–water partition coefficient (Wildman–Crippen LogP) is 3.48. The Hall–Kier alpha value is -0.780. The highest BCUT2D eigenvalue weighted by Crippen LogP contribution is 2.38. The van der Waals surface area contributed by atoms with Gasteiger partial charge < -0.3 is 10.6 Å². The number of halogens is 3. The summed E-state index contributed by atoms with van der Waals surface area (Å²) < 4.78 is 38.6. The van der Waals surface area contributed by atoms with Crippen molar-refractivity contribution in [2.75, 3.05) is 13.1 Å². The Bertz CT molecular complexity index is 334. The van der Waals surface area contributed by atoms with Crippen LogP contribution in [0.5, 0.6) is 0 Å². The van der Waals surface area contributed by atoms with Gasteiger partial charge in [-0.1, -0.05) is 33.1 Å². The summed E-state index contributed by atoms with van der Waals surface area (Å²) in [7, 11) is 0. The van der Waals surface area contributed by atoms with E-state index in [4.69, 9.17) is 5.73 Å². The van der Waals surface area contributed by atoms with Crippen LogP contribution in [0.25, 0.3) is 0 Å². The average molecular weight is 308 g/mol. The summed E-state index contributed by atoms with van der Waals surface area (Å²) >= 11 is 0. The Morgan fingerprint density at radius 2 is 1.71 bits per heavy atom. The summed E-state index contributed by atoms with van der Waals surface area (Å²) in [6, 6.07) is -0.371. The Balaban J connectivity index is 3.02. The molecule has 0 heterocycles. The lowest BCUT2D eigenvalue weighted by molar-refractivity contribution is -0.173. The first-order valence-electron chi connectivity index (χ1n) is 7.87. The van der Waals surface area contributed by atoms with E-state index in [-0.39, 0.29) is 12.6 Å². The number of nitrogens with zero attached hydrogens (tertiary/aromatic N) is 1. The van der Waals surface area contributed by atoms with Gasteiger partial charge in [-0.05, 0) is 25.7 Å². The molecule has 0 radical (unpaired) electrons. The van der Waals surface area contributed by atoms with Gasteiger partial charge in [0, 0.05) is 12.6 Å². The quantitative estimate of drug-likeness (QED) is 0.816. The van der Waals surface area contributed by atoms with E-state index in [9.17, 15) is 18.0 Å². The van der Waals surface area contributed by atoms with E-state index < -0.39 is 24.0 Å². The molecule has 1 aliphatic rings. The number of hydrogen-bond acceptors (Lipinski definition) is 2. The van der Waals surface area contributed by atoms with E-state index in [1.165, 1.54) is 0 Å². The van der Waals surface area contributed by atoms with Crippen LogP contribution in [0.4, 0.5) is 13.2 Å². The monoisotopic (exact) mass is 308 g/mol. The summed E-state index contributed by atoms with van der Waals surface area (Å²) in [4.78, 5) is 13.9. The summed E-state index contributed by atoms with van der Waals surface area (Å²) in [6.07, 6.45) is 0.658. The SMILES string of the molecule is CCC(CC)N(CC(F)(F)F)C(=O)C1(CN)CCCCC1. The van der Waals surface area contributed by atoms with Gasteiger partial charge in [-0.2, -0.15) is 13.2 Å². The fourth-order valence-corrected chi connectivity index (χ4v) is 3.33. The maximum Gasteiger partial charge on any atom is 0.406 e. The highest BCUT2D eigenvalue weighted by atomic mass is 19.4. The van der Waals surface area contributed by atoms with E-state index in [1.54, 1.807) is 0 Å². The fraction of sp³-hybridized carbons (Fsp3) is 0.933. The second kappa shape index (κ2) is 7.47. The van der Waals surface area contributed by atoms with Gasteiger partial charge in [0.25, 0.3) is 0 Å². The largest absolute Gasteiger partial charge is 0.406 e. The molecule has 6 heteroatoms. The third-order valence-corrected chi connectivity index (χ3v) is 4.65. The van der Waals surface area contributed by atoms with Crippen LogP contribution in [0, 0.1) is 5.41 Å². The van der Waals surface area contributed by atoms with Gasteiger partial charge in [-0.3, -0.25) is 4.79 Å². The number of carbonyl (C=O) groups excluding carboxylic acids is 1. The van der Waals surface area contributed by atoms with Crippen molar-refractivity contribution in [1.82, 2.24) is 4.90 Å². The minimum absolute atomic E-state index is 0.139. The topological polar surface area (TPSA) is 46.3 Å². The Morgan fingerprint density at radius 1 is 1.19 bits per heavy atom. The molecule has 2 N–H and O–H groups in total. The van der Waals surface area contributed by atoms with Gasteiger partial charge in [0.15, 0.2) is 0 Å². The third kappa shape index (κ3) is 4.59. The zero-order valence-electron chi connectivity index (χ0n) is 13.0. The van der Waals surface area contributed by atoms with Gasteiger partial charge in [0.2, 0.25) is 5.91 Å². The fourth-order valence-electron chi connectivity index (χ4n) is 3.33. The lowest BCUT2D eigenvalue weighted by Gasteiger charge is -2.42. The van der Waals surface area contributed by atoms with Crippen molar-refractivity contribution in [3.8, 4) is 0 Å². The molecular formula is C15H27F3N2O. The van der Waals surface area contributed by atoms with Crippen molar-refractivity contribution in [2.24, 2.45) is 11.1 Å². The van der Waals surface area contributed by atoms with Crippen LogP contribution >= 0.6 is 0 Å². The summed E-state index contributed by atoms with van der Waals surface area (Å²) in [5.74, 6) is -0.393. The van der Waals surface area contributed by atoms with Crippen molar-refractivity contribution in [3.05, 3.63) is 0 Å². The van der Waals surface area contributed by atoms with Crippen LogP contribution in [0.2, 0.25) is 0 Å². The number of carbonyl (C=O) groups is 1. The zero-order chi connectivity index (χ0) is 16.1. The summed E-state index contributed by atoms with van der Waals surface area (Å²) in [5, 5.41) is 0.